The summed E-state index contributed by atoms with van der Waals surface area (Å²) in [4.78, 5) is 20.2. The zero-order chi connectivity index (χ0) is 21.1. The monoisotopic (exact) mass is 481 g/mol. The van der Waals surface area contributed by atoms with Crippen LogP contribution in [0.1, 0.15) is 15.9 Å². The van der Waals surface area contributed by atoms with Crippen LogP contribution in [-0.2, 0) is 0 Å². The van der Waals surface area contributed by atoms with Crippen molar-refractivity contribution in [3.8, 4) is 22.1 Å². The van der Waals surface area contributed by atoms with Crippen LogP contribution in [0.3, 0.4) is 0 Å². The molecule has 0 bridgehead atoms. The number of nitrogens with zero attached hydrogens (tertiary/aromatic N) is 2. The molecule has 4 aromatic rings. The maximum Gasteiger partial charge on any atom is 0.336 e. The highest BCUT2D eigenvalue weighted by Crippen LogP contribution is 2.40. The highest BCUT2D eigenvalue weighted by atomic mass is 79.9. The number of carboxylic acids is 1. The quantitative estimate of drug-likeness (QED) is 0.326. The van der Waals surface area contributed by atoms with Crippen molar-refractivity contribution < 1.29 is 14.6 Å². The fourth-order valence-electron chi connectivity index (χ4n) is 2.92. The summed E-state index contributed by atoms with van der Waals surface area (Å²) in [6.07, 6.45) is 1.63. The molecule has 2 aromatic heterocycles. The molecule has 2 aromatic carbocycles. The minimum Gasteiger partial charge on any atom is -0.478 e. The first kappa shape index (κ1) is 20.1. The van der Waals surface area contributed by atoms with Crippen LogP contribution in [0.25, 0.3) is 11.3 Å². The number of thiazole rings is 1. The van der Waals surface area contributed by atoms with Crippen LogP contribution in [0.15, 0.2) is 70.8 Å². The highest BCUT2D eigenvalue weighted by molar-refractivity contribution is 9.11. The van der Waals surface area contributed by atoms with Crippen molar-refractivity contribution in [2.45, 2.75) is 6.92 Å². The number of halogens is 1. The van der Waals surface area contributed by atoms with Crippen molar-refractivity contribution >= 4 is 44.7 Å². The van der Waals surface area contributed by atoms with Gasteiger partial charge in [-0.1, -0.05) is 47.7 Å². The van der Waals surface area contributed by atoms with Gasteiger partial charge in [-0.2, -0.15) is 0 Å². The van der Waals surface area contributed by atoms with Crippen molar-refractivity contribution in [2.75, 3.05) is 5.32 Å². The fraction of sp³-hybridized carbons (Fsp3) is 0.0455. The lowest BCUT2D eigenvalue weighted by Gasteiger charge is -2.12. The van der Waals surface area contributed by atoms with E-state index in [0.717, 1.165) is 15.2 Å². The van der Waals surface area contributed by atoms with Crippen LogP contribution in [0.2, 0.25) is 0 Å². The van der Waals surface area contributed by atoms with Crippen LogP contribution in [0, 0.1) is 6.92 Å². The summed E-state index contributed by atoms with van der Waals surface area (Å²) >= 11 is 4.83. The van der Waals surface area contributed by atoms with Gasteiger partial charge in [-0.3, -0.25) is 0 Å². The number of pyridine rings is 1. The second-order valence-electron chi connectivity index (χ2n) is 6.36. The smallest absolute Gasteiger partial charge is 0.336 e. The molecule has 0 radical (unpaired) electrons. The molecule has 6 nitrogen and oxygen atoms in total. The Bertz CT molecular complexity index is 1210. The third kappa shape index (κ3) is 4.34. The normalized spacial score (nSPS) is 10.6. The maximum atomic E-state index is 11.4. The Morgan fingerprint density at radius 1 is 1.13 bits per heavy atom. The molecular weight excluding hydrogens is 466 g/mol. The average molecular weight is 482 g/mol. The lowest BCUT2D eigenvalue weighted by atomic mass is 10.1. The maximum absolute atomic E-state index is 11.4. The lowest BCUT2D eigenvalue weighted by molar-refractivity contribution is 0.0696. The summed E-state index contributed by atoms with van der Waals surface area (Å²) in [5.74, 6) is 0.168. The van der Waals surface area contributed by atoms with Gasteiger partial charge in [0.25, 0.3) is 0 Å². The molecule has 8 heteroatoms. The Morgan fingerprint density at radius 3 is 2.70 bits per heavy atom. The molecule has 0 atom stereocenters. The first-order valence-corrected chi connectivity index (χ1v) is 10.6. The van der Waals surface area contributed by atoms with Gasteiger partial charge in [-0.05, 0) is 46.6 Å². The Hall–Kier alpha value is -3.23. The number of anilines is 2. The number of carboxylic acid groups (broad SMARTS) is 1. The molecule has 0 spiro atoms. The molecular formula is C22H16BrN3O3S. The molecule has 30 heavy (non-hydrogen) atoms. The van der Waals surface area contributed by atoms with Gasteiger partial charge in [-0.25, -0.2) is 14.8 Å². The number of rotatable bonds is 6. The van der Waals surface area contributed by atoms with E-state index < -0.39 is 5.97 Å². The molecule has 0 fully saturated rings. The fourth-order valence-corrected chi connectivity index (χ4v) is 4.23. The minimum atomic E-state index is -0.967. The molecule has 2 N–H and O–H groups in total. The molecule has 0 saturated heterocycles. The van der Waals surface area contributed by atoms with Gasteiger partial charge in [0, 0.05) is 23.5 Å². The molecule has 0 unspecified atom stereocenters. The topological polar surface area (TPSA) is 84.3 Å². The molecule has 150 valence electrons. The van der Waals surface area contributed by atoms with Gasteiger partial charge in [0.15, 0.2) is 3.92 Å². The number of hydrogen-bond donors (Lipinski definition) is 2. The van der Waals surface area contributed by atoms with E-state index in [-0.39, 0.29) is 5.56 Å². The van der Waals surface area contributed by atoms with E-state index in [1.54, 1.807) is 37.4 Å². The molecule has 4 rings (SSSR count). The van der Waals surface area contributed by atoms with Crippen LogP contribution in [-0.4, -0.2) is 21.0 Å². The van der Waals surface area contributed by atoms with E-state index in [1.165, 1.54) is 11.3 Å². The number of carbonyl (C=O) groups is 1. The van der Waals surface area contributed by atoms with Crippen LogP contribution in [0.4, 0.5) is 11.5 Å². The van der Waals surface area contributed by atoms with E-state index in [1.807, 2.05) is 36.4 Å². The summed E-state index contributed by atoms with van der Waals surface area (Å²) in [7, 11) is 0. The van der Waals surface area contributed by atoms with Crippen molar-refractivity contribution in [1.29, 1.82) is 0 Å². The number of ether oxygens (including phenoxy) is 1. The average Bonchev–Trinajstić information content (AvgIpc) is 3.10. The van der Waals surface area contributed by atoms with Crippen LogP contribution in [0.5, 0.6) is 10.8 Å². The van der Waals surface area contributed by atoms with Crippen molar-refractivity contribution in [3.05, 3.63) is 81.9 Å². The van der Waals surface area contributed by atoms with Crippen molar-refractivity contribution in [1.82, 2.24) is 9.97 Å². The zero-order valence-electron chi connectivity index (χ0n) is 15.8. The summed E-state index contributed by atoms with van der Waals surface area (Å²) in [6, 6.07) is 18.4. The predicted molar refractivity (Wildman–Crippen MR) is 121 cm³/mol. The standard InChI is InChI=1S/C22H16BrN3O3S/c1-13-16(20(27)28)8-5-9-17(13)25-18-12-15(10-11-24-18)29-21-19(26-22(23)30-21)14-6-3-2-4-7-14/h2-12H,1H3,(H,24,25)(H,27,28). The second-order valence-corrected chi connectivity index (χ2v) is 8.59. The second kappa shape index (κ2) is 8.64. The number of benzene rings is 2. The Kier molecular flexibility index (Phi) is 5.78. The van der Waals surface area contributed by atoms with Crippen LogP contribution < -0.4 is 10.1 Å². The SMILES string of the molecule is Cc1c(Nc2cc(Oc3sc(Br)nc3-c3ccccc3)ccn2)cccc1C(=O)O. The number of aromatic carboxylic acids is 1. The molecule has 2 heterocycles. The van der Waals surface area contributed by atoms with Gasteiger partial charge in [-0.15, -0.1) is 0 Å². The number of hydrogen-bond acceptors (Lipinski definition) is 6. The highest BCUT2D eigenvalue weighted by Gasteiger charge is 2.15. The Labute approximate surface area is 185 Å². The zero-order valence-corrected chi connectivity index (χ0v) is 18.2. The predicted octanol–water partition coefficient (Wildman–Crippen LogP) is 6.51. The van der Waals surface area contributed by atoms with E-state index >= 15 is 0 Å². The summed E-state index contributed by atoms with van der Waals surface area (Å²) in [6.45, 7) is 1.76. The third-order valence-corrected chi connectivity index (χ3v) is 5.77. The molecule has 0 saturated carbocycles. The van der Waals surface area contributed by atoms with Gasteiger partial charge in [0.1, 0.15) is 17.3 Å². The van der Waals surface area contributed by atoms with E-state index in [4.69, 9.17) is 4.74 Å². The number of nitrogens with one attached hydrogen (secondary N) is 1. The number of aromatic nitrogens is 2. The minimum absolute atomic E-state index is 0.245. The molecule has 0 aliphatic carbocycles. The van der Waals surface area contributed by atoms with E-state index in [0.29, 0.717) is 27.9 Å². The van der Waals surface area contributed by atoms with Crippen molar-refractivity contribution in [2.24, 2.45) is 0 Å². The van der Waals surface area contributed by atoms with Crippen molar-refractivity contribution in [3.63, 3.8) is 0 Å². The van der Waals surface area contributed by atoms with Gasteiger partial charge < -0.3 is 15.2 Å². The van der Waals surface area contributed by atoms with Gasteiger partial charge in [0.2, 0.25) is 5.06 Å². The van der Waals surface area contributed by atoms with E-state index in [2.05, 4.69) is 31.2 Å². The largest absolute Gasteiger partial charge is 0.478 e. The lowest BCUT2D eigenvalue weighted by Crippen LogP contribution is -2.03. The molecule has 0 amide bonds. The van der Waals surface area contributed by atoms with Gasteiger partial charge in [0.05, 0.1) is 5.56 Å². The molecule has 0 aliphatic heterocycles. The third-order valence-electron chi connectivity index (χ3n) is 4.39. The first-order chi connectivity index (χ1) is 14.5. The molecule has 0 aliphatic rings. The summed E-state index contributed by atoms with van der Waals surface area (Å²) in [5.41, 5.74) is 3.27. The summed E-state index contributed by atoms with van der Waals surface area (Å²) < 4.78 is 6.83. The van der Waals surface area contributed by atoms with E-state index in [9.17, 15) is 9.90 Å². The van der Waals surface area contributed by atoms with Gasteiger partial charge >= 0.3 is 5.97 Å². The summed E-state index contributed by atoms with van der Waals surface area (Å²) in [5, 5.41) is 13.1. The first-order valence-electron chi connectivity index (χ1n) is 8.97. The Morgan fingerprint density at radius 2 is 1.93 bits per heavy atom. The van der Waals surface area contributed by atoms with Crippen LogP contribution >= 0.6 is 27.3 Å². The Balaban J connectivity index is 1.60.